The largest absolute Gasteiger partial charge is 0.233 e. The van der Waals surface area contributed by atoms with Gasteiger partial charge in [0.15, 0.2) is 0 Å². The number of nitriles is 1. The van der Waals surface area contributed by atoms with Crippen LogP contribution in [-0.4, -0.2) is 9.97 Å². The Morgan fingerprint density at radius 1 is 1.09 bits per heavy atom. The second kappa shape index (κ2) is 6.02. The third-order valence-corrected chi connectivity index (χ3v) is 5.02. The zero-order valence-corrected chi connectivity index (χ0v) is 13.4. The lowest BCUT2D eigenvalue weighted by molar-refractivity contribution is 0.905. The second-order valence-corrected chi connectivity index (χ2v) is 6.74. The summed E-state index contributed by atoms with van der Waals surface area (Å²) in [5.74, 6) is 2.33. The first kappa shape index (κ1) is 14.2. The van der Waals surface area contributed by atoms with Gasteiger partial charge in [-0.2, -0.15) is 5.26 Å². The predicted molar refractivity (Wildman–Crippen MR) is 92.2 cm³/mol. The van der Waals surface area contributed by atoms with Gasteiger partial charge < -0.3 is 0 Å². The van der Waals surface area contributed by atoms with Crippen molar-refractivity contribution in [2.75, 3.05) is 0 Å². The van der Waals surface area contributed by atoms with E-state index in [1.165, 1.54) is 12.8 Å². The van der Waals surface area contributed by atoms with Crippen molar-refractivity contribution in [1.82, 2.24) is 9.97 Å². The van der Waals surface area contributed by atoms with E-state index in [1.807, 2.05) is 30.3 Å². The molecule has 3 nitrogen and oxygen atoms in total. The van der Waals surface area contributed by atoms with Crippen LogP contribution in [0.2, 0.25) is 0 Å². The van der Waals surface area contributed by atoms with Crippen molar-refractivity contribution in [3.63, 3.8) is 0 Å². The zero-order valence-electron chi connectivity index (χ0n) is 12.6. The first-order valence-electron chi connectivity index (χ1n) is 7.72. The molecule has 1 fully saturated rings. The Labute approximate surface area is 139 Å². The van der Waals surface area contributed by atoms with Gasteiger partial charge in [-0.25, -0.2) is 9.97 Å². The fourth-order valence-electron chi connectivity index (χ4n) is 2.58. The number of thioether (sulfide) groups is 1. The van der Waals surface area contributed by atoms with Crippen molar-refractivity contribution in [2.45, 2.75) is 29.5 Å². The molecule has 1 aliphatic carbocycles. The van der Waals surface area contributed by atoms with Crippen molar-refractivity contribution >= 4 is 22.7 Å². The van der Waals surface area contributed by atoms with Crippen LogP contribution in [0.4, 0.5) is 0 Å². The molecule has 0 saturated heterocycles. The minimum absolute atomic E-state index is 0.542. The van der Waals surface area contributed by atoms with Crippen LogP contribution >= 0.6 is 11.8 Å². The molecule has 112 valence electrons. The van der Waals surface area contributed by atoms with E-state index in [-0.39, 0.29) is 0 Å². The molecule has 0 aliphatic heterocycles. The number of hydrogen-bond donors (Lipinski definition) is 0. The average Bonchev–Trinajstić information content (AvgIpc) is 3.45. The second-order valence-electron chi connectivity index (χ2n) is 5.78. The Kier molecular flexibility index (Phi) is 3.72. The minimum Gasteiger partial charge on any atom is -0.233 e. The lowest BCUT2D eigenvalue weighted by atomic mass is 10.2. The van der Waals surface area contributed by atoms with Crippen molar-refractivity contribution in [3.05, 3.63) is 65.5 Å². The van der Waals surface area contributed by atoms with Gasteiger partial charge in [0.05, 0.1) is 17.1 Å². The first-order chi connectivity index (χ1) is 11.3. The van der Waals surface area contributed by atoms with E-state index in [1.54, 1.807) is 11.8 Å². The van der Waals surface area contributed by atoms with Crippen molar-refractivity contribution in [2.24, 2.45) is 0 Å². The van der Waals surface area contributed by atoms with Crippen LogP contribution < -0.4 is 0 Å². The molecule has 0 amide bonds. The smallest absolute Gasteiger partial charge is 0.133 e. The van der Waals surface area contributed by atoms with Crippen LogP contribution in [0.3, 0.4) is 0 Å². The minimum atomic E-state index is 0.542. The number of aromatic nitrogens is 2. The molecule has 0 radical (unpaired) electrons. The molecule has 0 unspecified atom stereocenters. The average molecular weight is 317 g/mol. The van der Waals surface area contributed by atoms with E-state index >= 15 is 0 Å². The Hall–Kier alpha value is -2.38. The molecule has 0 N–H and O–H groups in total. The molecule has 4 rings (SSSR count). The van der Waals surface area contributed by atoms with Crippen LogP contribution in [0, 0.1) is 11.3 Å². The normalized spacial score (nSPS) is 13.9. The summed E-state index contributed by atoms with van der Waals surface area (Å²) >= 11 is 1.72. The molecule has 1 aliphatic rings. The fraction of sp³-hybridized carbons (Fsp3) is 0.211. The molecule has 4 heteroatoms. The number of benzene rings is 2. The molecule has 2 aromatic carbocycles. The third-order valence-electron chi connectivity index (χ3n) is 3.96. The van der Waals surface area contributed by atoms with E-state index < -0.39 is 0 Å². The van der Waals surface area contributed by atoms with Crippen molar-refractivity contribution in [1.29, 1.82) is 5.26 Å². The Balaban J connectivity index is 1.66. The maximum atomic E-state index is 9.02. The third kappa shape index (κ3) is 3.06. The summed E-state index contributed by atoms with van der Waals surface area (Å²) < 4.78 is 0. The number of nitrogens with zero attached hydrogens (tertiary/aromatic N) is 3. The Morgan fingerprint density at radius 2 is 1.96 bits per heavy atom. The highest BCUT2D eigenvalue weighted by Gasteiger charge is 2.27. The molecular formula is C19H15N3S. The molecule has 3 aromatic rings. The molecule has 1 heterocycles. The van der Waals surface area contributed by atoms with Gasteiger partial charge in [-0.05, 0) is 36.6 Å². The van der Waals surface area contributed by atoms with Gasteiger partial charge in [-0.3, -0.25) is 0 Å². The summed E-state index contributed by atoms with van der Waals surface area (Å²) in [6.07, 6.45) is 2.40. The fourth-order valence-corrected chi connectivity index (χ4v) is 3.55. The highest BCUT2D eigenvalue weighted by molar-refractivity contribution is 7.98. The molecule has 0 atom stereocenters. The highest BCUT2D eigenvalue weighted by atomic mass is 32.2. The summed E-state index contributed by atoms with van der Waals surface area (Å²) in [5, 5.41) is 11.2. The molecule has 1 saturated carbocycles. The SMILES string of the molecule is N#Cc1cccc(CSc2nc(C3CC3)nc3ccccc23)c1. The maximum Gasteiger partial charge on any atom is 0.133 e. The zero-order chi connectivity index (χ0) is 15.6. The summed E-state index contributed by atoms with van der Waals surface area (Å²) in [5.41, 5.74) is 2.87. The van der Waals surface area contributed by atoms with Gasteiger partial charge in [0.1, 0.15) is 10.9 Å². The number of rotatable bonds is 4. The maximum absolute atomic E-state index is 9.02. The van der Waals surface area contributed by atoms with Crippen LogP contribution in [0.1, 0.15) is 35.7 Å². The summed E-state index contributed by atoms with van der Waals surface area (Å²) in [4.78, 5) is 9.52. The van der Waals surface area contributed by atoms with Crippen LogP contribution in [0.25, 0.3) is 10.9 Å². The Bertz CT molecular complexity index is 910. The molecule has 23 heavy (non-hydrogen) atoms. The summed E-state index contributed by atoms with van der Waals surface area (Å²) in [7, 11) is 0. The predicted octanol–water partition coefficient (Wildman–Crippen LogP) is 4.67. The van der Waals surface area contributed by atoms with Gasteiger partial charge in [-0.15, -0.1) is 11.8 Å². The topological polar surface area (TPSA) is 49.6 Å². The van der Waals surface area contributed by atoms with Crippen LogP contribution in [0.15, 0.2) is 53.6 Å². The molecule has 0 spiro atoms. The van der Waals surface area contributed by atoms with E-state index in [0.29, 0.717) is 11.5 Å². The number of hydrogen-bond acceptors (Lipinski definition) is 4. The molecular weight excluding hydrogens is 302 g/mol. The summed E-state index contributed by atoms with van der Waals surface area (Å²) in [6.45, 7) is 0. The van der Waals surface area contributed by atoms with Crippen molar-refractivity contribution < 1.29 is 0 Å². The lowest BCUT2D eigenvalue weighted by Gasteiger charge is -2.08. The molecule has 0 bridgehead atoms. The van der Waals surface area contributed by atoms with E-state index in [9.17, 15) is 0 Å². The molecule has 1 aromatic heterocycles. The monoisotopic (exact) mass is 317 g/mol. The van der Waals surface area contributed by atoms with Gasteiger partial charge in [0, 0.05) is 17.1 Å². The van der Waals surface area contributed by atoms with Gasteiger partial charge in [0.25, 0.3) is 0 Å². The van der Waals surface area contributed by atoms with Crippen LogP contribution in [-0.2, 0) is 5.75 Å². The van der Waals surface area contributed by atoms with E-state index in [0.717, 1.165) is 33.1 Å². The van der Waals surface area contributed by atoms with E-state index in [4.69, 9.17) is 15.2 Å². The van der Waals surface area contributed by atoms with Gasteiger partial charge >= 0.3 is 0 Å². The lowest BCUT2D eigenvalue weighted by Crippen LogP contribution is -1.96. The number of para-hydroxylation sites is 1. The number of fused-ring (bicyclic) bond motifs is 1. The van der Waals surface area contributed by atoms with Gasteiger partial charge in [0.2, 0.25) is 0 Å². The quantitative estimate of drug-likeness (QED) is 0.518. The van der Waals surface area contributed by atoms with Crippen LogP contribution in [0.5, 0.6) is 0 Å². The highest BCUT2D eigenvalue weighted by Crippen LogP contribution is 2.40. The van der Waals surface area contributed by atoms with Crippen molar-refractivity contribution in [3.8, 4) is 6.07 Å². The van der Waals surface area contributed by atoms with E-state index in [2.05, 4.69) is 24.3 Å². The Morgan fingerprint density at radius 3 is 2.78 bits per heavy atom. The standard InChI is InChI=1S/C19H15N3S/c20-11-13-4-3-5-14(10-13)12-23-19-16-6-1-2-7-17(16)21-18(22-19)15-8-9-15/h1-7,10,15H,8-9,12H2. The first-order valence-corrected chi connectivity index (χ1v) is 8.70. The summed E-state index contributed by atoms with van der Waals surface area (Å²) in [6, 6.07) is 18.2. The van der Waals surface area contributed by atoms with Gasteiger partial charge in [-0.1, -0.05) is 30.3 Å².